The number of para-hydroxylation sites is 1. The summed E-state index contributed by atoms with van der Waals surface area (Å²) in [5.74, 6) is -0.0316. The van der Waals surface area contributed by atoms with E-state index in [4.69, 9.17) is 0 Å². The summed E-state index contributed by atoms with van der Waals surface area (Å²) in [6, 6.07) is 8.06. The van der Waals surface area contributed by atoms with Crippen molar-refractivity contribution >= 4 is 34.0 Å². The van der Waals surface area contributed by atoms with Crippen molar-refractivity contribution in [2.24, 2.45) is 5.41 Å². The first-order chi connectivity index (χ1) is 11.8. The number of benzene rings is 1. The zero-order valence-corrected chi connectivity index (χ0v) is 15.7. The summed E-state index contributed by atoms with van der Waals surface area (Å²) in [6.07, 6.45) is 2.24. The molecule has 2 amide bonds. The summed E-state index contributed by atoms with van der Waals surface area (Å²) < 4.78 is 0. The van der Waals surface area contributed by atoms with Crippen molar-refractivity contribution in [2.75, 3.05) is 16.8 Å². The van der Waals surface area contributed by atoms with Crippen molar-refractivity contribution in [2.45, 2.75) is 40.0 Å². The summed E-state index contributed by atoms with van der Waals surface area (Å²) >= 11 is 1.35. The minimum atomic E-state index is -0.473. The zero-order valence-electron chi connectivity index (χ0n) is 14.8. The zero-order chi connectivity index (χ0) is 18.0. The lowest BCUT2D eigenvalue weighted by atomic mass is 9.96. The summed E-state index contributed by atoms with van der Waals surface area (Å²) in [6.45, 7) is 6.31. The Labute approximate surface area is 152 Å². The Hall–Kier alpha value is -2.21. The van der Waals surface area contributed by atoms with Gasteiger partial charge in [0.2, 0.25) is 11.8 Å². The van der Waals surface area contributed by atoms with Gasteiger partial charge < -0.3 is 10.2 Å². The first kappa shape index (κ1) is 17.6. The smallest absolute Gasteiger partial charge is 0.233 e. The van der Waals surface area contributed by atoms with Crippen LogP contribution in [0.5, 0.6) is 0 Å². The van der Waals surface area contributed by atoms with Crippen molar-refractivity contribution in [3.63, 3.8) is 0 Å². The molecule has 0 spiro atoms. The molecular weight excluding hydrogens is 334 g/mol. The molecule has 3 rings (SSSR count). The molecule has 0 unspecified atom stereocenters. The number of nitrogens with zero attached hydrogens (tertiary/aromatic N) is 2. The van der Waals surface area contributed by atoms with Gasteiger partial charge in [0.15, 0.2) is 5.13 Å². The van der Waals surface area contributed by atoms with Gasteiger partial charge in [0.05, 0.1) is 12.1 Å². The minimum Gasteiger partial charge on any atom is -0.312 e. The fourth-order valence-corrected chi connectivity index (χ4v) is 3.48. The summed E-state index contributed by atoms with van der Waals surface area (Å²) in [5.41, 5.74) is 2.45. The maximum Gasteiger partial charge on any atom is 0.233 e. The lowest BCUT2D eigenvalue weighted by Crippen LogP contribution is -2.36. The Morgan fingerprint density at radius 1 is 1.28 bits per heavy atom. The molecule has 5 nitrogen and oxygen atoms in total. The minimum absolute atomic E-state index is 0.0474. The van der Waals surface area contributed by atoms with Gasteiger partial charge in [-0.1, -0.05) is 39.0 Å². The van der Waals surface area contributed by atoms with E-state index in [1.54, 1.807) is 0 Å². The highest BCUT2D eigenvalue weighted by Crippen LogP contribution is 2.28. The van der Waals surface area contributed by atoms with Gasteiger partial charge in [-0.15, -0.1) is 11.3 Å². The number of anilines is 2. The summed E-state index contributed by atoms with van der Waals surface area (Å²) in [7, 11) is 0. The number of fused-ring (bicyclic) bond motifs is 1. The lowest BCUT2D eigenvalue weighted by Gasteiger charge is -2.29. The van der Waals surface area contributed by atoms with E-state index in [0.29, 0.717) is 10.8 Å². The second kappa shape index (κ2) is 6.96. The Bertz CT molecular complexity index is 792. The van der Waals surface area contributed by atoms with Crippen molar-refractivity contribution in [3.8, 4) is 0 Å². The average molecular weight is 357 g/mol. The largest absolute Gasteiger partial charge is 0.312 e. The number of carbonyl (C=O) groups is 2. The SMILES string of the molecule is CC(C)(C)C(=O)Nc1nc(CC(=O)N2CCCc3ccccc32)cs1. The van der Waals surface area contributed by atoms with Gasteiger partial charge in [0, 0.05) is 23.0 Å². The first-order valence-electron chi connectivity index (χ1n) is 8.49. The maximum atomic E-state index is 12.7. The molecule has 1 N–H and O–H groups in total. The number of amides is 2. The summed E-state index contributed by atoms with van der Waals surface area (Å²) in [5, 5.41) is 5.20. The standard InChI is InChI=1S/C19H23N3O2S/c1-19(2,3)17(24)21-18-20-14(12-25-18)11-16(23)22-10-6-8-13-7-4-5-9-15(13)22/h4-5,7,9,12H,6,8,10-11H2,1-3H3,(H,20,21,24). The fourth-order valence-electron chi connectivity index (χ4n) is 2.77. The second-order valence-corrected chi connectivity index (χ2v) is 8.16. The van der Waals surface area contributed by atoms with Gasteiger partial charge in [-0.05, 0) is 24.5 Å². The van der Waals surface area contributed by atoms with Crippen molar-refractivity contribution < 1.29 is 9.59 Å². The van der Waals surface area contributed by atoms with Crippen LogP contribution in [0.2, 0.25) is 0 Å². The van der Waals surface area contributed by atoms with Crippen LogP contribution in [-0.4, -0.2) is 23.3 Å². The molecular formula is C19H23N3O2S. The van der Waals surface area contributed by atoms with Crippen LogP contribution in [0.25, 0.3) is 0 Å². The molecule has 0 aliphatic carbocycles. The third-order valence-electron chi connectivity index (χ3n) is 4.20. The van der Waals surface area contributed by atoms with Crippen LogP contribution < -0.4 is 10.2 Å². The molecule has 2 heterocycles. The van der Waals surface area contributed by atoms with Crippen LogP contribution in [0.15, 0.2) is 29.6 Å². The van der Waals surface area contributed by atoms with Crippen LogP contribution in [0.4, 0.5) is 10.8 Å². The molecule has 1 aromatic heterocycles. The highest BCUT2D eigenvalue weighted by atomic mass is 32.1. The van der Waals surface area contributed by atoms with Gasteiger partial charge in [0.1, 0.15) is 0 Å². The number of thiazole rings is 1. The van der Waals surface area contributed by atoms with Crippen LogP contribution in [-0.2, 0) is 22.4 Å². The molecule has 1 aliphatic heterocycles. The number of hydrogen-bond acceptors (Lipinski definition) is 4. The van der Waals surface area contributed by atoms with Gasteiger partial charge in [0.25, 0.3) is 0 Å². The van der Waals surface area contributed by atoms with E-state index in [1.807, 2.05) is 49.3 Å². The second-order valence-electron chi connectivity index (χ2n) is 7.30. The Kier molecular flexibility index (Phi) is 4.90. The van der Waals surface area contributed by atoms with E-state index in [0.717, 1.165) is 25.1 Å². The van der Waals surface area contributed by atoms with E-state index in [1.165, 1.54) is 16.9 Å². The average Bonchev–Trinajstić information content (AvgIpc) is 3.00. The molecule has 6 heteroatoms. The Morgan fingerprint density at radius 2 is 2.04 bits per heavy atom. The molecule has 0 bridgehead atoms. The third-order valence-corrected chi connectivity index (χ3v) is 5.00. The van der Waals surface area contributed by atoms with Crippen LogP contribution in [0, 0.1) is 5.41 Å². The molecule has 132 valence electrons. The Balaban J connectivity index is 1.68. The fraction of sp³-hybridized carbons (Fsp3) is 0.421. The first-order valence-corrected chi connectivity index (χ1v) is 9.37. The Morgan fingerprint density at radius 3 is 2.80 bits per heavy atom. The molecule has 25 heavy (non-hydrogen) atoms. The monoisotopic (exact) mass is 357 g/mol. The van der Waals surface area contributed by atoms with Crippen molar-refractivity contribution in [3.05, 3.63) is 40.9 Å². The molecule has 0 saturated heterocycles. The number of aryl methyl sites for hydroxylation is 1. The number of carbonyl (C=O) groups excluding carboxylic acids is 2. The van der Waals surface area contributed by atoms with Gasteiger partial charge in [-0.25, -0.2) is 4.98 Å². The van der Waals surface area contributed by atoms with E-state index >= 15 is 0 Å². The topological polar surface area (TPSA) is 62.3 Å². The predicted molar refractivity (Wildman–Crippen MR) is 101 cm³/mol. The van der Waals surface area contributed by atoms with Gasteiger partial charge in [-0.2, -0.15) is 0 Å². The molecule has 0 fully saturated rings. The molecule has 0 radical (unpaired) electrons. The number of hydrogen-bond donors (Lipinski definition) is 1. The van der Waals surface area contributed by atoms with Crippen LogP contribution in [0.3, 0.4) is 0 Å². The number of rotatable bonds is 3. The lowest BCUT2D eigenvalue weighted by molar-refractivity contribution is -0.123. The summed E-state index contributed by atoms with van der Waals surface area (Å²) in [4.78, 5) is 31.0. The van der Waals surface area contributed by atoms with E-state index in [2.05, 4.69) is 16.4 Å². The van der Waals surface area contributed by atoms with E-state index in [-0.39, 0.29) is 18.2 Å². The van der Waals surface area contributed by atoms with Crippen LogP contribution >= 0.6 is 11.3 Å². The predicted octanol–water partition coefficient (Wildman–Crippen LogP) is 3.65. The molecule has 2 aromatic rings. The number of aromatic nitrogens is 1. The quantitative estimate of drug-likeness (QED) is 0.912. The van der Waals surface area contributed by atoms with Gasteiger partial charge in [-0.3, -0.25) is 9.59 Å². The van der Waals surface area contributed by atoms with E-state index < -0.39 is 5.41 Å². The third kappa shape index (κ3) is 4.07. The molecule has 1 aliphatic rings. The normalized spacial score (nSPS) is 14.1. The van der Waals surface area contributed by atoms with Crippen molar-refractivity contribution in [1.29, 1.82) is 0 Å². The molecule has 0 atom stereocenters. The highest BCUT2D eigenvalue weighted by molar-refractivity contribution is 7.13. The van der Waals surface area contributed by atoms with Crippen molar-refractivity contribution in [1.82, 2.24) is 4.98 Å². The number of nitrogens with one attached hydrogen (secondary N) is 1. The van der Waals surface area contributed by atoms with Gasteiger partial charge >= 0.3 is 0 Å². The van der Waals surface area contributed by atoms with E-state index in [9.17, 15) is 9.59 Å². The van der Waals surface area contributed by atoms with Crippen LogP contribution in [0.1, 0.15) is 38.4 Å². The molecule has 0 saturated carbocycles. The maximum absolute atomic E-state index is 12.7. The molecule has 1 aromatic carbocycles. The highest BCUT2D eigenvalue weighted by Gasteiger charge is 2.24.